The number of benzene rings is 1. The first kappa shape index (κ1) is 14.9. The molecule has 0 fully saturated rings. The quantitative estimate of drug-likeness (QED) is 0.329. The van der Waals surface area contributed by atoms with Crippen LogP contribution in [0.25, 0.3) is 10.4 Å². The number of nitrogens with one attached hydrogen (secondary N) is 1. The summed E-state index contributed by atoms with van der Waals surface area (Å²) in [6, 6.07) is 5.76. The van der Waals surface area contributed by atoms with E-state index in [1.54, 1.807) is 0 Å². The maximum absolute atomic E-state index is 11.9. The molecule has 1 rings (SSSR count). The zero-order chi connectivity index (χ0) is 14.3. The van der Waals surface area contributed by atoms with Crippen LogP contribution in [0.3, 0.4) is 0 Å². The Morgan fingerprint density at radius 3 is 2.16 bits per heavy atom. The van der Waals surface area contributed by atoms with Crippen molar-refractivity contribution in [3.63, 3.8) is 0 Å². The maximum Gasteiger partial charge on any atom is 0.251 e. The molecule has 0 heterocycles. The third-order valence-electron chi connectivity index (χ3n) is 2.58. The van der Waals surface area contributed by atoms with Gasteiger partial charge in [-0.25, -0.2) is 0 Å². The Kier molecular flexibility index (Phi) is 5.28. The van der Waals surface area contributed by atoms with Crippen LogP contribution in [0.4, 0.5) is 5.69 Å². The molecule has 0 aliphatic heterocycles. The van der Waals surface area contributed by atoms with Crippen LogP contribution >= 0.6 is 0 Å². The summed E-state index contributed by atoms with van der Waals surface area (Å²) in [5.74, 6) is -0.565. The van der Waals surface area contributed by atoms with Crippen molar-refractivity contribution >= 4 is 11.6 Å². The zero-order valence-electron chi connectivity index (χ0n) is 10.0. The van der Waals surface area contributed by atoms with E-state index in [9.17, 15) is 4.79 Å². The monoisotopic (exact) mass is 266 g/mol. The lowest BCUT2D eigenvalue weighted by molar-refractivity contribution is 0.0375. The maximum atomic E-state index is 11.9. The van der Waals surface area contributed by atoms with E-state index in [0.717, 1.165) is 0 Å². The number of aliphatic hydroxyl groups is 3. The van der Waals surface area contributed by atoms with E-state index in [4.69, 9.17) is 20.9 Å². The average molecular weight is 266 g/mol. The summed E-state index contributed by atoms with van der Waals surface area (Å²) in [4.78, 5) is 14.5. The summed E-state index contributed by atoms with van der Waals surface area (Å²) < 4.78 is 0. The molecule has 0 atom stereocenters. The predicted molar refractivity (Wildman–Crippen MR) is 66.7 cm³/mol. The minimum atomic E-state index is -1.47. The van der Waals surface area contributed by atoms with Crippen molar-refractivity contribution in [1.29, 1.82) is 0 Å². The van der Waals surface area contributed by atoms with E-state index in [1.807, 2.05) is 0 Å². The molecule has 8 heteroatoms. The van der Waals surface area contributed by atoms with Gasteiger partial charge in [0.1, 0.15) is 5.54 Å². The topological polar surface area (TPSA) is 139 Å². The van der Waals surface area contributed by atoms with Crippen molar-refractivity contribution < 1.29 is 20.1 Å². The lowest BCUT2D eigenvalue weighted by atomic mass is 10.0. The number of carbonyl (C=O) groups is 1. The van der Waals surface area contributed by atoms with Crippen molar-refractivity contribution in [2.75, 3.05) is 19.8 Å². The number of hydrogen-bond donors (Lipinski definition) is 4. The second-order valence-electron chi connectivity index (χ2n) is 3.95. The van der Waals surface area contributed by atoms with Gasteiger partial charge in [-0.05, 0) is 17.7 Å². The molecule has 0 saturated carbocycles. The molecule has 1 aromatic carbocycles. The second-order valence-corrected chi connectivity index (χ2v) is 3.95. The highest BCUT2D eigenvalue weighted by molar-refractivity contribution is 5.95. The molecule has 1 aromatic rings. The van der Waals surface area contributed by atoms with Crippen LogP contribution in [-0.2, 0) is 0 Å². The summed E-state index contributed by atoms with van der Waals surface area (Å²) in [5, 5.41) is 33.0. The molecule has 102 valence electrons. The number of aliphatic hydroxyl groups excluding tert-OH is 3. The summed E-state index contributed by atoms with van der Waals surface area (Å²) in [5.41, 5.74) is 7.38. The SMILES string of the molecule is [N-]=[N+]=Nc1ccc(C(=O)NC(CO)(CO)CO)cc1. The fourth-order valence-electron chi connectivity index (χ4n) is 1.31. The summed E-state index contributed by atoms with van der Waals surface area (Å²) >= 11 is 0. The van der Waals surface area contributed by atoms with E-state index in [2.05, 4.69) is 15.3 Å². The molecule has 0 bridgehead atoms. The average Bonchev–Trinajstić information content (AvgIpc) is 2.46. The van der Waals surface area contributed by atoms with Gasteiger partial charge in [-0.2, -0.15) is 0 Å². The van der Waals surface area contributed by atoms with Gasteiger partial charge in [0.2, 0.25) is 0 Å². The molecule has 1 amide bonds. The molecule has 0 aliphatic rings. The minimum absolute atomic E-state index is 0.247. The lowest BCUT2D eigenvalue weighted by Gasteiger charge is -2.28. The number of azide groups is 1. The first-order valence-electron chi connectivity index (χ1n) is 5.41. The largest absolute Gasteiger partial charge is 0.394 e. The number of hydrogen-bond acceptors (Lipinski definition) is 5. The van der Waals surface area contributed by atoms with Gasteiger partial charge >= 0.3 is 0 Å². The fourth-order valence-corrected chi connectivity index (χ4v) is 1.31. The Morgan fingerprint density at radius 1 is 1.21 bits per heavy atom. The van der Waals surface area contributed by atoms with Gasteiger partial charge in [-0.3, -0.25) is 4.79 Å². The van der Waals surface area contributed by atoms with Crippen molar-refractivity contribution in [3.05, 3.63) is 40.3 Å². The van der Waals surface area contributed by atoms with Crippen LogP contribution in [0.5, 0.6) is 0 Å². The number of nitrogens with zero attached hydrogens (tertiary/aromatic N) is 3. The summed E-state index contributed by atoms with van der Waals surface area (Å²) in [6.45, 7) is -1.78. The van der Waals surface area contributed by atoms with E-state index in [0.29, 0.717) is 5.69 Å². The Hall–Kier alpha value is -2.12. The molecule has 4 N–H and O–H groups in total. The number of amides is 1. The standard InChI is InChI=1S/C11H14N4O4/c12-15-14-9-3-1-8(2-4-9)10(19)13-11(5-16,6-17)7-18/h1-4,16-18H,5-7H2,(H,13,19). The smallest absolute Gasteiger partial charge is 0.251 e. The van der Waals surface area contributed by atoms with Crippen molar-refractivity contribution in [2.45, 2.75) is 5.54 Å². The highest BCUT2D eigenvalue weighted by Gasteiger charge is 2.30. The van der Waals surface area contributed by atoms with Gasteiger partial charge in [0.25, 0.3) is 5.91 Å². The Balaban J connectivity index is 2.85. The Morgan fingerprint density at radius 2 is 1.74 bits per heavy atom. The molecular weight excluding hydrogens is 252 g/mol. The third kappa shape index (κ3) is 3.67. The Bertz CT molecular complexity index is 470. The van der Waals surface area contributed by atoms with Crippen molar-refractivity contribution in [3.8, 4) is 0 Å². The van der Waals surface area contributed by atoms with Gasteiger partial charge < -0.3 is 20.6 Å². The van der Waals surface area contributed by atoms with Gasteiger partial charge in [-0.1, -0.05) is 17.2 Å². The number of rotatable bonds is 6. The highest BCUT2D eigenvalue weighted by atomic mass is 16.3. The van der Waals surface area contributed by atoms with E-state index >= 15 is 0 Å². The summed E-state index contributed by atoms with van der Waals surface area (Å²) in [7, 11) is 0. The molecule has 0 saturated heterocycles. The normalized spacial score (nSPS) is 10.7. The molecule has 0 aromatic heterocycles. The van der Waals surface area contributed by atoms with Crippen molar-refractivity contribution in [2.24, 2.45) is 5.11 Å². The van der Waals surface area contributed by atoms with E-state index in [1.165, 1.54) is 24.3 Å². The fraction of sp³-hybridized carbons (Fsp3) is 0.364. The van der Waals surface area contributed by atoms with Crippen LogP contribution < -0.4 is 5.32 Å². The molecule has 8 nitrogen and oxygen atoms in total. The Labute approximate surface area is 108 Å². The minimum Gasteiger partial charge on any atom is -0.394 e. The molecule has 0 radical (unpaired) electrons. The summed E-state index contributed by atoms with van der Waals surface area (Å²) in [6.07, 6.45) is 0. The van der Waals surface area contributed by atoms with Crippen LogP contribution in [0, 0.1) is 0 Å². The van der Waals surface area contributed by atoms with Gasteiger partial charge in [0.15, 0.2) is 0 Å². The van der Waals surface area contributed by atoms with Crippen LogP contribution in [0.1, 0.15) is 10.4 Å². The molecule has 19 heavy (non-hydrogen) atoms. The zero-order valence-corrected chi connectivity index (χ0v) is 10.0. The van der Waals surface area contributed by atoms with E-state index in [-0.39, 0.29) is 5.56 Å². The molecule has 0 unspecified atom stereocenters. The molecule has 0 aliphatic carbocycles. The van der Waals surface area contributed by atoms with Gasteiger partial charge in [-0.15, -0.1) is 0 Å². The van der Waals surface area contributed by atoms with Crippen LogP contribution in [0.15, 0.2) is 29.4 Å². The first-order valence-corrected chi connectivity index (χ1v) is 5.41. The lowest BCUT2D eigenvalue weighted by Crippen LogP contribution is -2.57. The first-order chi connectivity index (χ1) is 9.10. The third-order valence-corrected chi connectivity index (χ3v) is 2.58. The molecule has 0 spiro atoms. The second kappa shape index (κ2) is 6.72. The predicted octanol–water partition coefficient (Wildman–Crippen LogP) is 0.0739. The molecular formula is C11H14N4O4. The van der Waals surface area contributed by atoms with Crippen LogP contribution in [0.2, 0.25) is 0 Å². The van der Waals surface area contributed by atoms with Crippen molar-refractivity contribution in [1.82, 2.24) is 5.32 Å². The van der Waals surface area contributed by atoms with Gasteiger partial charge in [0.05, 0.1) is 19.8 Å². The van der Waals surface area contributed by atoms with Crippen LogP contribution in [-0.4, -0.2) is 46.6 Å². The van der Waals surface area contributed by atoms with E-state index < -0.39 is 31.3 Å². The number of carbonyl (C=O) groups excluding carboxylic acids is 1. The highest BCUT2D eigenvalue weighted by Crippen LogP contribution is 2.14. The van der Waals surface area contributed by atoms with Gasteiger partial charge in [0, 0.05) is 16.2 Å².